The number of hydrogen-bond acceptors (Lipinski definition) is 7. The number of rotatable bonds is 6. The van der Waals surface area contributed by atoms with Gasteiger partial charge in [-0.15, -0.1) is 21.5 Å². The van der Waals surface area contributed by atoms with E-state index in [0.29, 0.717) is 11.6 Å². The van der Waals surface area contributed by atoms with Gasteiger partial charge in [0.05, 0.1) is 16.8 Å². The fraction of sp³-hybridized carbons (Fsp3) is 0.235. The number of aromatic nitrogens is 4. The molecular formula is C17H16N4O2S2. The molecule has 0 spiro atoms. The number of thiophene rings is 1. The van der Waals surface area contributed by atoms with Crippen LogP contribution in [0, 0.1) is 6.92 Å². The van der Waals surface area contributed by atoms with Crippen molar-refractivity contribution in [2.45, 2.75) is 31.3 Å². The van der Waals surface area contributed by atoms with E-state index in [0.717, 1.165) is 39.6 Å². The van der Waals surface area contributed by atoms with Crippen LogP contribution in [0.1, 0.15) is 18.4 Å². The summed E-state index contributed by atoms with van der Waals surface area (Å²) in [5.74, 6) is 3.66. The summed E-state index contributed by atoms with van der Waals surface area (Å²) in [4.78, 5) is 5.66. The SMILES string of the molecule is CCn1c(SCc2nc(-c3cccs3)oc2C)nnc1-c1ccco1. The zero-order valence-corrected chi connectivity index (χ0v) is 15.4. The lowest BCUT2D eigenvalue weighted by Crippen LogP contribution is -1.99. The molecule has 4 aromatic rings. The summed E-state index contributed by atoms with van der Waals surface area (Å²) in [5, 5.41) is 11.4. The van der Waals surface area contributed by atoms with E-state index < -0.39 is 0 Å². The Morgan fingerprint density at radius 3 is 2.88 bits per heavy atom. The monoisotopic (exact) mass is 372 g/mol. The normalized spacial score (nSPS) is 11.3. The molecule has 0 aliphatic heterocycles. The van der Waals surface area contributed by atoms with E-state index in [-0.39, 0.29) is 0 Å². The van der Waals surface area contributed by atoms with E-state index >= 15 is 0 Å². The maximum Gasteiger partial charge on any atom is 0.236 e. The Labute approximate surface area is 152 Å². The topological polar surface area (TPSA) is 69.9 Å². The molecule has 0 saturated heterocycles. The van der Waals surface area contributed by atoms with Crippen LogP contribution in [-0.4, -0.2) is 19.7 Å². The third-order valence-corrected chi connectivity index (χ3v) is 5.57. The molecule has 0 aliphatic carbocycles. The summed E-state index contributed by atoms with van der Waals surface area (Å²) in [6, 6.07) is 7.74. The predicted octanol–water partition coefficient (Wildman–Crippen LogP) is 4.88. The fourth-order valence-corrected chi connectivity index (χ4v) is 4.12. The first-order valence-electron chi connectivity index (χ1n) is 7.86. The number of nitrogens with zero attached hydrogens (tertiary/aromatic N) is 4. The summed E-state index contributed by atoms with van der Waals surface area (Å²) in [7, 11) is 0. The highest BCUT2D eigenvalue weighted by atomic mass is 32.2. The molecule has 4 rings (SSSR count). The maximum absolute atomic E-state index is 5.80. The molecule has 25 heavy (non-hydrogen) atoms. The van der Waals surface area contributed by atoms with Crippen LogP contribution in [-0.2, 0) is 12.3 Å². The Morgan fingerprint density at radius 1 is 1.24 bits per heavy atom. The molecule has 0 saturated carbocycles. The van der Waals surface area contributed by atoms with Crippen LogP contribution in [0.2, 0.25) is 0 Å². The Hall–Kier alpha value is -2.32. The van der Waals surface area contributed by atoms with Crippen LogP contribution in [0.4, 0.5) is 0 Å². The second-order valence-corrected chi connectivity index (χ2v) is 7.21. The van der Waals surface area contributed by atoms with Crippen molar-refractivity contribution in [3.8, 4) is 22.4 Å². The molecule has 0 atom stereocenters. The van der Waals surface area contributed by atoms with E-state index in [9.17, 15) is 0 Å². The molecule has 0 aliphatic rings. The Kier molecular flexibility index (Phi) is 4.46. The van der Waals surface area contributed by atoms with Crippen molar-refractivity contribution < 1.29 is 8.83 Å². The smallest absolute Gasteiger partial charge is 0.236 e. The Bertz CT molecular complexity index is 955. The number of oxazole rings is 1. The Balaban J connectivity index is 1.54. The van der Waals surface area contributed by atoms with Gasteiger partial charge in [-0.25, -0.2) is 4.98 Å². The van der Waals surface area contributed by atoms with Gasteiger partial charge in [-0.2, -0.15) is 0 Å². The van der Waals surface area contributed by atoms with Crippen LogP contribution < -0.4 is 0 Å². The highest BCUT2D eigenvalue weighted by molar-refractivity contribution is 7.98. The number of aryl methyl sites for hydroxylation is 1. The molecule has 0 bridgehead atoms. The number of hydrogen-bond donors (Lipinski definition) is 0. The van der Waals surface area contributed by atoms with E-state index in [1.54, 1.807) is 29.4 Å². The maximum atomic E-state index is 5.80. The molecule has 0 radical (unpaired) electrons. The van der Waals surface area contributed by atoms with Gasteiger partial charge in [0, 0.05) is 12.3 Å². The van der Waals surface area contributed by atoms with Gasteiger partial charge >= 0.3 is 0 Å². The van der Waals surface area contributed by atoms with Crippen molar-refractivity contribution in [3.63, 3.8) is 0 Å². The summed E-state index contributed by atoms with van der Waals surface area (Å²) < 4.78 is 13.3. The van der Waals surface area contributed by atoms with Gasteiger partial charge in [-0.05, 0) is 37.4 Å². The zero-order chi connectivity index (χ0) is 17.2. The van der Waals surface area contributed by atoms with E-state index in [2.05, 4.69) is 22.1 Å². The minimum absolute atomic E-state index is 0.677. The largest absolute Gasteiger partial charge is 0.461 e. The van der Waals surface area contributed by atoms with Gasteiger partial charge in [0.25, 0.3) is 0 Å². The van der Waals surface area contributed by atoms with Crippen molar-refractivity contribution in [2.24, 2.45) is 0 Å². The lowest BCUT2D eigenvalue weighted by atomic mass is 10.4. The third kappa shape index (κ3) is 3.14. The number of thioether (sulfide) groups is 1. The van der Waals surface area contributed by atoms with Crippen LogP contribution in [0.25, 0.3) is 22.4 Å². The molecule has 0 unspecified atom stereocenters. The molecule has 0 N–H and O–H groups in total. The van der Waals surface area contributed by atoms with E-state index in [4.69, 9.17) is 8.83 Å². The average Bonchev–Trinajstić information content (AvgIpc) is 3.38. The highest BCUT2D eigenvalue weighted by Crippen LogP contribution is 2.30. The van der Waals surface area contributed by atoms with Gasteiger partial charge in [-0.1, -0.05) is 17.8 Å². The fourth-order valence-electron chi connectivity index (χ4n) is 2.47. The summed E-state index contributed by atoms with van der Waals surface area (Å²) in [6.45, 7) is 4.78. The van der Waals surface area contributed by atoms with Crippen molar-refractivity contribution in [3.05, 3.63) is 47.4 Å². The molecule has 0 aromatic carbocycles. The van der Waals surface area contributed by atoms with Crippen molar-refractivity contribution in [1.82, 2.24) is 19.7 Å². The second-order valence-electron chi connectivity index (χ2n) is 5.32. The van der Waals surface area contributed by atoms with Gasteiger partial charge in [0.2, 0.25) is 5.89 Å². The molecule has 0 fully saturated rings. The van der Waals surface area contributed by atoms with Gasteiger partial charge < -0.3 is 8.83 Å². The first-order valence-corrected chi connectivity index (χ1v) is 9.73. The van der Waals surface area contributed by atoms with E-state index in [1.807, 2.05) is 41.1 Å². The average molecular weight is 372 g/mol. The molecule has 128 valence electrons. The van der Waals surface area contributed by atoms with Crippen LogP contribution in [0.3, 0.4) is 0 Å². The molecular weight excluding hydrogens is 356 g/mol. The first-order chi connectivity index (χ1) is 12.3. The van der Waals surface area contributed by atoms with E-state index in [1.165, 1.54) is 0 Å². The van der Waals surface area contributed by atoms with Crippen molar-refractivity contribution >= 4 is 23.1 Å². The molecule has 4 aromatic heterocycles. The number of furan rings is 1. The standard InChI is InChI=1S/C17H16N4O2S2/c1-3-21-15(13-6-4-8-22-13)19-20-17(21)25-10-12-11(2)23-16(18-12)14-7-5-9-24-14/h4-9H,3,10H2,1-2H3. The summed E-state index contributed by atoms with van der Waals surface area (Å²) >= 11 is 3.22. The first kappa shape index (κ1) is 16.2. The zero-order valence-electron chi connectivity index (χ0n) is 13.8. The predicted molar refractivity (Wildman–Crippen MR) is 97.5 cm³/mol. The van der Waals surface area contributed by atoms with Crippen LogP contribution in [0.5, 0.6) is 0 Å². The van der Waals surface area contributed by atoms with Gasteiger partial charge in [-0.3, -0.25) is 4.57 Å². The third-order valence-electron chi connectivity index (χ3n) is 3.74. The highest BCUT2D eigenvalue weighted by Gasteiger charge is 2.17. The minimum Gasteiger partial charge on any atom is -0.461 e. The van der Waals surface area contributed by atoms with Crippen molar-refractivity contribution in [1.29, 1.82) is 0 Å². The second kappa shape index (κ2) is 6.89. The van der Waals surface area contributed by atoms with Gasteiger partial charge in [0.15, 0.2) is 16.7 Å². The lowest BCUT2D eigenvalue weighted by molar-refractivity contribution is 0.542. The van der Waals surface area contributed by atoms with Gasteiger partial charge in [0.1, 0.15) is 5.76 Å². The minimum atomic E-state index is 0.677. The quantitative estimate of drug-likeness (QED) is 0.450. The van der Waals surface area contributed by atoms with Crippen molar-refractivity contribution in [2.75, 3.05) is 0 Å². The summed E-state index contributed by atoms with van der Waals surface area (Å²) in [5.41, 5.74) is 0.929. The summed E-state index contributed by atoms with van der Waals surface area (Å²) in [6.07, 6.45) is 1.64. The molecule has 6 nitrogen and oxygen atoms in total. The molecule has 8 heteroatoms. The lowest BCUT2D eigenvalue weighted by Gasteiger charge is -2.04. The van der Waals surface area contributed by atoms with Crippen LogP contribution in [0.15, 0.2) is 49.9 Å². The Morgan fingerprint density at radius 2 is 2.16 bits per heavy atom. The molecule has 0 amide bonds. The molecule has 4 heterocycles. The van der Waals surface area contributed by atoms with Crippen LogP contribution >= 0.6 is 23.1 Å².